The van der Waals surface area contributed by atoms with Crippen molar-refractivity contribution in [2.24, 2.45) is 4.99 Å². The number of sulfonamides is 1. The Labute approximate surface area is 190 Å². The first kappa shape index (κ1) is 24.7. The average molecular weight is 559 g/mol. The molecule has 7 nitrogen and oxygen atoms in total. The highest BCUT2D eigenvalue weighted by Gasteiger charge is 2.50. The predicted octanol–water partition coefficient (Wildman–Crippen LogP) is 2.81. The van der Waals surface area contributed by atoms with E-state index in [1.54, 1.807) is 7.05 Å². The van der Waals surface area contributed by atoms with E-state index in [4.69, 9.17) is 0 Å². The van der Waals surface area contributed by atoms with Crippen molar-refractivity contribution in [3.05, 3.63) is 36.0 Å². The Morgan fingerprint density at radius 1 is 1.27 bits per heavy atom. The second-order valence-corrected chi connectivity index (χ2v) is 8.81. The number of aliphatic imine (C=N–C) groups is 1. The van der Waals surface area contributed by atoms with Gasteiger partial charge in [-0.3, -0.25) is 4.99 Å². The van der Waals surface area contributed by atoms with Crippen molar-refractivity contribution < 1.29 is 21.6 Å². The predicted molar refractivity (Wildman–Crippen MR) is 121 cm³/mol. The Bertz CT molecular complexity index is 970. The molecule has 1 aromatic heterocycles. The van der Waals surface area contributed by atoms with Gasteiger partial charge in [0, 0.05) is 49.8 Å². The number of piperidine rings is 1. The van der Waals surface area contributed by atoms with Crippen molar-refractivity contribution in [2.45, 2.75) is 30.8 Å². The van der Waals surface area contributed by atoms with E-state index in [1.165, 1.54) is 5.56 Å². The van der Waals surface area contributed by atoms with Crippen molar-refractivity contribution in [1.82, 2.24) is 19.9 Å². The molecule has 1 aromatic carbocycles. The Morgan fingerprint density at radius 3 is 2.57 bits per heavy atom. The highest BCUT2D eigenvalue weighted by Crippen LogP contribution is 2.28. The van der Waals surface area contributed by atoms with Crippen molar-refractivity contribution in [1.29, 1.82) is 0 Å². The second kappa shape index (κ2) is 10.2. The number of hydrogen-bond donors (Lipinski definition) is 3. The number of nitrogens with one attached hydrogen (secondary N) is 3. The zero-order valence-corrected chi connectivity index (χ0v) is 19.5. The van der Waals surface area contributed by atoms with Crippen molar-refractivity contribution >= 4 is 50.9 Å². The summed E-state index contributed by atoms with van der Waals surface area (Å²) in [7, 11) is -3.64. The minimum Gasteiger partial charge on any atom is -0.361 e. The van der Waals surface area contributed by atoms with Gasteiger partial charge in [0.05, 0.1) is 0 Å². The Kier molecular flexibility index (Phi) is 8.39. The fourth-order valence-electron chi connectivity index (χ4n) is 3.43. The van der Waals surface area contributed by atoms with Gasteiger partial charge in [0.2, 0.25) is 0 Å². The van der Waals surface area contributed by atoms with Gasteiger partial charge in [-0.05, 0) is 30.9 Å². The maximum atomic E-state index is 12.7. The molecule has 0 amide bonds. The third kappa shape index (κ3) is 5.58. The van der Waals surface area contributed by atoms with Crippen LogP contribution in [0, 0.1) is 0 Å². The minimum absolute atomic E-state index is 0. The van der Waals surface area contributed by atoms with Gasteiger partial charge in [0.15, 0.2) is 5.96 Å². The number of aromatic nitrogens is 1. The number of alkyl halides is 3. The van der Waals surface area contributed by atoms with E-state index in [1.807, 2.05) is 24.4 Å². The summed E-state index contributed by atoms with van der Waals surface area (Å²) in [5, 5.41) is 7.52. The van der Waals surface area contributed by atoms with Crippen LogP contribution in [0.4, 0.5) is 13.2 Å². The summed E-state index contributed by atoms with van der Waals surface area (Å²) in [4.78, 5) is 7.37. The molecule has 168 valence electrons. The number of aromatic amines is 1. The summed E-state index contributed by atoms with van der Waals surface area (Å²) < 4.78 is 61.4. The molecule has 0 atom stereocenters. The topological polar surface area (TPSA) is 89.6 Å². The molecule has 0 aliphatic carbocycles. The van der Waals surface area contributed by atoms with Gasteiger partial charge in [-0.15, -0.1) is 24.0 Å². The number of fused-ring (bicyclic) bond motifs is 1. The van der Waals surface area contributed by atoms with Gasteiger partial charge >= 0.3 is 15.5 Å². The highest BCUT2D eigenvalue weighted by molar-refractivity contribution is 14.0. The van der Waals surface area contributed by atoms with E-state index < -0.39 is 15.5 Å². The molecule has 2 heterocycles. The molecule has 0 spiro atoms. The van der Waals surface area contributed by atoms with Gasteiger partial charge in [0.25, 0.3) is 0 Å². The molecule has 1 fully saturated rings. The summed E-state index contributed by atoms with van der Waals surface area (Å²) in [5.74, 6) is 0.543. The van der Waals surface area contributed by atoms with E-state index in [2.05, 4.69) is 26.7 Å². The number of H-pyrrole nitrogens is 1. The van der Waals surface area contributed by atoms with Crippen LogP contribution in [-0.2, 0) is 16.4 Å². The van der Waals surface area contributed by atoms with Crippen molar-refractivity contribution in [2.75, 3.05) is 26.7 Å². The van der Waals surface area contributed by atoms with E-state index in [0.29, 0.717) is 16.8 Å². The minimum atomic E-state index is -5.26. The van der Waals surface area contributed by atoms with Crippen molar-refractivity contribution in [3.63, 3.8) is 0 Å². The Morgan fingerprint density at radius 2 is 1.93 bits per heavy atom. The standard InChI is InChI=1S/C18H24F3N5O2S.HI/c1-22-17(23-9-6-13-12-24-16-5-3-2-4-15(13)16)25-14-7-10-26(11-8-14)29(27,28)18(19,20)21;/h2-5,12,14,24H,6-11H2,1H3,(H2,22,23,25);1H. The van der Waals surface area contributed by atoms with Crippen LogP contribution in [-0.4, -0.2) is 61.9 Å². The number of hydrogen-bond acceptors (Lipinski definition) is 3. The molecule has 30 heavy (non-hydrogen) atoms. The fraction of sp³-hybridized carbons (Fsp3) is 0.500. The number of para-hydroxylation sites is 1. The van der Waals surface area contributed by atoms with Crippen LogP contribution in [0.5, 0.6) is 0 Å². The SMILES string of the molecule is CN=C(NCCc1c[nH]c2ccccc12)NC1CCN(S(=O)(=O)C(F)(F)F)CC1.I. The summed E-state index contributed by atoms with van der Waals surface area (Å²) in [5.41, 5.74) is -3.01. The van der Waals surface area contributed by atoms with Gasteiger partial charge in [0.1, 0.15) is 0 Å². The van der Waals surface area contributed by atoms with Crippen LogP contribution in [0.1, 0.15) is 18.4 Å². The van der Waals surface area contributed by atoms with Gasteiger partial charge < -0.3 is 15.6 Å². The molecule has 3 rings (SSSR count). The number of nitrogens with zero attached hydrogens (tertiary/aromatic N) is 2. The van der Waals surface area contributed by atoms with Crippen LogP contribution in [0.2, 0.25) is 0 Å². The molecule has 1 saturated heterocycles. The van der Waals surface area contributed by atoms with Gasteiger partial charge in [-0.25, -0.2) is 8.42 Å². The lowest BCUT2D eigenvalue weighted by molar-refractivity contribution is -0.0494. The summed E-state index contributed by atoms with van der Waals surface area (Å²) in [6.07, 6.45) is 3.29. The Balaban J connectivity index is 0.00000320. The largest absolute Gasteiger partial charge is 0.511 e. The molecule has 3 N–H and O–H groups in total. The van der Waals surface area contributed by atoms with Crippen LogP contribution in [0.15, 0.2) is 35.5 Å². The zero-order chi connectivity index (χ0) is 21.1. The lowest BCUT2D eigenvalue weighted by Gasteiger charge is -2.32. The summed E-state index contributed by atoms with van der Waals surface area (Å²) in [6, 6.07) is 7.88. The molecule has 1 aliphatic heterocycles. The van der Waals surface area contributed by atoms with Crippen molar-refractivity contribution in [3.8, 4) is 0 Å². The molecule has 0 bridgehead atoms. The quantitative estimate of drug-likeness (QED) is 0.299. The molecule has 2 aromatic rings. The number of halogens is 4. The molecule has 0 unspecified atom stereocenters. The molecule has 12 heteroatoms. The monoisotopic (exact) mass is 559 g/mol. The first-order chi connectivity index (χ1) is 13.7. The molecule has 0 saturated carbocycles. The summed E-state index contributed by atoms with van der Waals surface area (Å²) in [6.45, 7) is 0.278. The third-order valence-corrected chi connectivity index (χ3v) is 6.64. The number of guanidine groups is 1. The van der Waals surface area contributed by atoms with E-state index >= 15 is 0 Å². The number of rotatable bonds is 5. The van der Waals surface area contributed by atoms with E-state index in [-0.39, 0.29) is 55.9 Å². The van der Waals surface area contributed by atoms with Crippen LogP contribution in [0.3, 0.4) is 0 Å². The van der Waals surface area contributed by atoms with Crippen LogP contribution in [0.25, 0.3) is 10.9 Å². The second-order valence-electron chi connectivity index (χ2n) is 6.88. The lowest BCUT2D eigenvalue weighted by Crippen LogP contribution is -2.51. The first-order valence-corrected chi connectivity index (χ1v) is 10.7. The maximum Gasteiger partial charge on any atom is 0.511 e. The smallest absolute Gasteiger partial charge is 0.361 e. The summed E-state index contributed by atoms with van der Waals surface area (Å²) >= 11 is 0. The highest BCUT2D eigenvalue weighted by atomic mass is 127. The van der Waals surface area contributed by atoms with E-state index in [0.717, 1.165) is 17.3 Å². The average Bonchev–Trinajstić information content (AvgIpc) is 3.10. The molecule has 1 aliphatic rings. The fourth-order valence-corrected chi connectivity index (χ4v) is 4.41. The zero-order valence-electron chi connectivity index (χ0n) is 16.4. The first-order valence-electron chi connectivity index (χ1n) is 9.31. The molecule has 0 radical (unpaired) electrons. The van der Waals surface area contributed by atoms with E-state index in [9.17, 15) is 21.6 Å². The molecular weight excluding hydrogens is 534 g/mol. The van der Waals surface area contributed by atoms with Crippen LogP contribution < -0.4 is 10.6 Å². The van der Waals surface area contributed by atoms with Gasteiger partial charge in [-0.2, -0.15) is 17.5 Å². The molecular formula is C18H25F3IN5O2S. The third-order valence-electron chi connectivity index (χ3n) is 5.01. The number of benzene rings is 1. The Hall–Kier alpha value is -1.54. The van der Waals surface area contributed by atoms with Gasteiger partial charge in [-0.1, -0.05) is 18.2 Å². The maximum absolute atomic E-state index is 12.7. The lowest BCUT2D eigenvalue weighted by atomic mass is 10.1. The van der Waals surface area contributed by atoms with Crippen LogP contribution >= 0.6 is 24.0 Å². The normalized spacial score (nSPS) is 17.0.